The molecule has 0 aliphatic carbocycles. The Labute approximate surface area is 114 Å². The number of rotatable bonds is 2. The Morgan fingerprint density at radius 3 is 1.46 bits per heavy atom. The van der Waals surface area contributed by atoms with Crippen LogP contribution in [0.4, 0.5) is 0 Å². The first-order valence-corrected chi connectivity index (χ1v) is 14.6. The standard InChI is InChI=1S/Cl8N2P3/c1-11(2,3)9-13(7,8)10-12(4,5)6/q+1. The molecule has 0 aliphatic heterocycles. The van der Waals surface area contributed by atoms with Crippen molar-refractivity contribution in [2.45, 2.75) is 0 Å². The van der Waals surface area contributed by atoms with E-state index in [9.17, 15) is 0 Å². The summed E-state index contributed by atoms with van der Waals surface area (Å²) in [6.07, 6.45) is 0. The van der Waals surface area contributed by atoms with Gasteiger partial charge in [0, 0.05) is 0 Å². The predicted molar refractivity (Wildman–Crippen MR) is 72.4 cm³/mol. The van der Waals surface area contributed by atoms with Crippen molar-refractivity contribution < 1.29 is 0 Å². The Morgan fingerprint density at radius 2 is 1.23 bits per heavy atom. The molecule has 0 aromatic carbocycles. The molecular weight excluding hydrogens is 405 g/mol. The zero-order valence-corrected chi connectivity index (χ0v) is 14.0. The molecule has 0 heterocycles. The van der Waals surface area contributed by atoms with Gasteiger partial charge >= 0.3 is 5.47 Å². The second-order valence-corrected chi connectivity index (χ2v) is 20.8. The summed E-state index contributed by atoms with van der Waals surface area (Å²) in [5, 5.41) is -3.05. The summed E-state index contributed by atoms with van der Waals surface area (Å²) in [7, 11) is 0. The molecule has 0 aromatic heterocycles. The fourth-order valence-corrected chi connectivity index (χ4v) is 15.4. The van der Waals surface area contributed by atoms with Gasteiger partial charge in [-0.3, -0.25) is 0 Å². The number of halogens is 8. The highest BCUT2D eigenvalue weighted by Gasteiger charge is 2.37. The lowest BCUT2D eigenvalue weighted by Gasteiger charge is -2.03. The van der Waals surface area contributed by atoms with Crippen molar-refractivity contribution >= 4 is 106 Å². The molecule has 0 N–H and O–H groups in total. The summed E-state index contributed by atoms with van der Waals surface area (Å²) in [4.78, 5) is 0. The normalized spacial score (nSPS) is 14.2. The average molecular weight is 405 g/mol. The Bertz CT molecular complexity index is 266. The first-order valence-electron chi connectivity index (χ1n) is 2.15. The minimum absolute atomic E-state index is 3.05. The van der Waals surface area contributed by atoms with Gasteiger partial charge < -0.3 is 0 Å². The second kappa shape index (κ2) is 5.70. The molecule has 80 valence electrons. The zero-order valence-electron chi connectivity index (χ0n) is 5.26. The molecule has 0 atom stereocenters. The average Bonchev–Trinajstić information content (AvgIpc) is 1.43. The third-order valence-electron chi connectivity index (χ3n) is 0.418. The number of nitrogens with zero attached hydrogens (tertiary/aromatic N) is 2. The molecule has 13 heteroatoms. The molecule has 0 rings (SSSR count). The minimum atomic E-state index is -3.18. The highest BCUT2D eigenvalue weighted by molar-refractivity contribution is 8.35. The van der Waals surface area contributed by atoms with Gasteiger partial charge in [-0.1, -0.05) is 0 Å². The van der Waals surface area contributed by atoms with Crippen molar-refractivity contribution in [2.75, 3.05) is 0 Å². The Balaban J connectivity index is 5.12. The van der Waals surface area contributed by atoms with Crippen molar-refractivity contribution in [3.05, 3.63) is 0 Å². The largest absolute Gasteiger partial charge is 0.423 e. The Kier molecular flexibility index (Phi) is 7.11. The third-order valence-corrected chi connectivity index (χ3v) is 9.85. The van der Waals surface area contributed by atoms with E-state index in [0.29, 0.717) is 0 Å². The van der Waals surface area contributed by atoms with Crippen molar-refractivity contribution in [1.82, 2.24) is 0 Å². The summed E-state index contributed by atoms with van der Waals surface area (Å²) >= 11 is 43.6. The summed E-state index contributed by atoms with van der Waals surface area (Å²) in [6, 6.07) is 0. The van der Waals surface area contributed by atoms with Gasteiger partial charge in [-0.25, -0.2) is 0 Å². The molecular formula is Cl8N2P3+. The third kappa shape index (κ3) is 11.5. The molecule has 0 unspecified atom stereocenters. The van der Waals surface area contributed by atoms with Gasteiger partial charge in [-0.05, 0) is 60.7 Å². The maximum Gasteiger partial charge on any atom is 0.423 e. The van der Waals surface area contributed by atoms with Gasteiger partial charge in [-0.15, -0.1) is 0 Å². The summed E-state index contributed by atoms with van der Waals surface area (Å²) < 4.78 is 6.97. The summed E-state index contributed by atoms with van der Waals surface area (Å²) in [5.74, 6) is -3.18. The Morgan fingerprint density at radius 1 is 0.846 bits per heavy atom. The first-order chi connectivity index (χ1) is 5.41. The maximum absolute atomic E-state index is 5.60. The smallest absolute Gasteiger partial charge is 0.188 e. The van der Waals surface area contributed by atoms with Crippen LogP contribution in [0.1, 0.15) is 0 Å². The van der Waals surface area contributed by atoms with E-state index < -0.39 is 16.5 Å². The highest BCUT2D eigenvalue weighted by atomic mass is 36.1. The topological polar surface area (TPSA) is 24.7 Å². The molecule has 0 amide bonds. The lowest BCUT2D eigenvalue weighted by atomic mass is 13.9. The maximum atomic E-state index is 5.60. The molecule has 0 saturated heterocycles. The number of hydrogen-bond acceptors (Lipinski definition) is 1. The van der Waals surface area contributed by atoms with E-state index in [1.54, 1.807) is 0 Å². The lowest BCUT2D eigenvalue weighted by Crippen LogP contribution is -1.52. The van der Waals surface area contributed by atoms with Crippen molar-refractivity contribution in [3.63, 3.8) is 0 Å². The quantitative estimate of drug-likeness (QED) is 0.412. The van der Waals surface area contributed by atoms with Crippen LogP contribution in [-0.4, -0.2) is 0 Å². The molecule has 0 aromatic rings. The molecule has 0 fully saturated rings. The SMILES string of the molecule is ClP(Cl)(Cl)=NP(Cl)(Cl)=N[P+](Cl)(Cl)Cl. The van der Waals surface area contributed by atoms with Crippen molar-refractivity contribution in [3.8, 4) is 0 Å². The van der Waals surface area contributed by atoms with Crippen LogP contribution >= 0.6 is 106 Å². The predicted octanol–water partition coefficient (Wildman–Crippen LogP) is 8.47. The van der Waals surface area contributed by atoms with Crippen LogP contribution in [0, 0.1) is 0 Å². The van der Waals surface area contributed by atoms with E-state index in [1.807, 2.05) is 0 Å². The van der Waals surface area contributed by atoms with Crippen LogP contribution in [0.5, 0.6) is 0 Å². The van der Waals surface area contributed by atoms with E-state index in [2.05, 4.69) is 9.03 Å². The van der Waals surface area contributed by atoms with E-state index in [-0.39, 0.29) is 0 Å². The van der Waals surface area contributed by atoms with Crippen molar-refractivity contribution in [2.24, 2.45) is 9.03 Å². The summed E-state index contributed by atoms with van der Waals surface area (Å²) in [6.45, 7) is 0. The fourth-order valence-electron chi connectivity index (χ4n) is 0.262. The molecule has 0 aliphatic rings. The lowest BCUT2D eigenvalue weighted by molar-refractivity contribution is 1.93. The van der Waals surface area contributed by atoms with Gasteiger partial charge in [0.15, 0.2) is 33.7 Å². The van der Waals surface area contributed by atoms with Crippen LogP contribution in [-0.2, 0) is 0 Å². The van der Waals surface area contributed by atoms with Crippen LogP contribution < -0.4 is 0 Å². The molecule has 2 nitrogen and oxygen atoms in total. The second-order valence-electron chi connectivity index (χ2n) is 1.47. The van der Waals surface area contributed by atoms with Gasteiger partial charge in [0.05, 0.1) is 0 Å². The van der Waals surface area contributed by atoms with E-state index >= 15 is 0 Å². The van der Waals surface area contributed by atoms with Gasteiger partial charge in [0.2, 0.25) is 5.11 Å². The highest BCUT2D eigenvalue weighted by Crippen LogP contribution is 2.85. The van der Waals surface area contributed by atoms with E-state index in [0.717, 1.165) is 0 Å². The zero-order chi connectivity index (χ0) is 10.9. The Hall–Kier alpha value is 3.21. The fraction of sp³-hybridized carbons (Fsp3) is 0. The molecule has 13 heavy (non-hydrogen) atoms. The first kappa shape index (κ1) is 16.2. The van der Waals surface area contributed by atoms with Crippen LogP contribution in [0.25, 0.3) is 0 Å². The van der Waals surface area contributed by atoms with Crippen LogP contribution in [0.2, 0.25) is 0 Å². The molecule has 0 bridgehead atoms. The molecule has 0 radical (unpaired) electrons. The molecule has 0 spiro atoms. The van der Waals surface area contributed by atoms with Gasteiger partial charge in [-0.2, -0.15) is 4.52 Å². The van der Waals surface area contributed by atoms with Crippen LogP contribution in [0.15, 0.2) is 9.03 Å². The van der Waals surface area contributed by atoms with Gasteiger partial charge in [0.1, 0.15) is 0 Å². The van der Waals surface area contributed by atoms with Crippen molar-refractivity contribution in [1.29, 1.82) is 0 Å². The van der Waals surface area contributed by atoms with Gasteiger partial charge in [0.25, 0.3) is 5.91 Å². The van der Waals surface area contributed by atoms with E-state index in [1.165, 1.54) is 0 Å². The minimum Gasteiger partial charge on any atom is -0.188 e. The van der Waals surface area contributed by atoms with Crippen LogP contribution in [0.3, 0.4) is 0 Å². The molecule has 0 saturated carbocycles. The monoisotopic (exact) mass is 401 g/mol. The summed E-state index contributed by atoms with van der Waals surface area (Å²) in [5.41, 5.74) is -3.05. The van der Waals surface area contributed by atoms with E-state index in [4.69, 9.17) is 89.9 Å². The number of hydrogen-bond donors (Lipinski definition) is 0.